The van der Waals surface area contributed by atoms with E-state index in [-0.39, 0.29) is 11.2 Å². The first-order chi connectivity index (χ1) is 10.7. The number of carbonyl (C=O) groups is 1. The number of unbranched alkanes of at least 4 members (excludes halogenated alkanes) is 1. The molecule has 22 heavy (non-hydrogen) atoms. The molecular formula is C16H21N3OS2. The molecule has 0 fully saturated rings. The van der Waals surface area contributed by atoms with Gasteiger partial charge in [-0.3, -0.25) is 9.48 Å². The number of thioether (sulfide) groups is 1. The minimum atomic E-state index is -0.00618. The number of hydrogen-bond donors (Lipinski definition) is 1. The molecule has 0 saturated carbocycles. The number of nitrogens with one attached hydrogen (secondary N) is 1. The predicted octanol–water partition coefficient (Wildman–Crippen LogP) is 2.95. The maximum Gasteiger partial charge on any atom is 0.237 e. The molecule has 1 N–H and O–H groups in total. The minimum Gasteiger partial charge on any atom is -0.355 e. The van der Waals surface area contributed by atoms with E-state index >= 15 is 0 Å². The second-order valence-electron chi connectivity index (χ2n) is 5.57. The van der Waals surface area contributed by atoms with Crippen LogP contribution in [-0.2, 0) is 24.7 Å². The quantitative estimate of drug-likeness (QED) is 0.826. The van der Waals surface area contributed by atoms with Crippen molar-refractivity contribution in [3.05, 3.63) is 39.8 Å². The highest BCUT2D eigenvalue weighted by molar-refractivity contribution is 8.00. The molecule has 2 aromatic rings. The highest BCUT2D eigenvalue weighted by Gasteiger charge is 2.27. The predicted molar refractivity (Wildman–Crippen MR) is 92.4 cm³/mol. The third-order valence-electron chi connectivity index (χ3n) is 3.86. The Labute approximate surface area is 139 Å². The fraction of sp³-hybridized carbons (Fsp3) is 0.500. The summed E-state index contributed by atoms with van der Waals surface area (Å²) >= 11 is 3.54. The van der Waals surface area contributed by atoms with Crippen molar-refractivity contribution in [1.29, 1.82) is 0 Å². The molecule has 3 rings (SSSR count). The van der Waals surface area contributed by atoms with Crippen molar-refractivity contribution in [2.75, 3.05) is 12.3 Å². The van der Waals surface area contributed by atoms with Gasteiger partial charge in [-0.1, -0.05) is 0 Å². The maximum atomic E-state index is 12.4. The van der Waals surface area contributed by atoms with Crippen molar-refractivity contribution in [2.24, 2.45) is 7.05 Å². The summed E-state index contributed by atoms with van der Waals surface area (Å²) in [5, 5.41) is 9.36. The molecule has 0 saturated heterocycles. The summed E-state index contributed by atoms with van der Waals surface area (Å²) < 4.78 is 1.83. The largest absolute Gasteiger partial charge is 0.355 e. The van der Waals surface area contributed by atoms with Gasteiger partial charge in [0.15, 0.2) is 0 Å². The Morgan fingerprint density at radius 2 is 2.41 bits per heavy atom. The molecule has 1 aliphatic rings. The first-order valence-electron chi connectivity index (χ1n) is 7.67. The zero-order valence-electron chi connectivity index (χ0n) is 12.7. The van der Waals surface area contributed by atoms with Crippen LogP contribution in [0.25, 0.3) is 0 Å². The monoisotopic (exact) mass is 335 g/mol. The van der Waals surface area contributed by atoms with Crippen LogP contribution in [0.5, 0.6) is 0 Å². The maximum absolute atomic E-state index is 12.4. The molecule has 4 nitrogen and oxygen atoms in total. The van der Waals surface area contributed by atoms with Crippen LogP contribution in [0, 0.1) is 0 Å². The summed E-state index contributed by atoms with van der Waals surface area (Å²) in [4.78, 5) is 13.7. The van der Waals surface area contributed by atoms with Crippen molar-refractivity contribution in [1.82, 2.24) is 15.1 Å². The molecular weight excluding hydrogens is 314 g/mol. The van der Waals surface area contributed by atoms with E-state index in [1.54, 1.807) is 23.1 Å². The molecule has 0 spiro atoms. The van der Waals surface area contributed by atoms with E-state index in [1.807, 2.05) is 17.9 Å². The van der Waals surface area contributed by atoms with Crippen LogP contribution in [0.4, 0.5) is 0 Å². The average molecular weight is 335 g/mol. The van der Waals surface area contributed by atoms with E-state index in [9.17, 15) is 4.79 Å². The summed E-state index contributed by atoms with van der Waals surface area (Å²) in [6.07, 6.45) is 8.18. The SMILES string of the molecule is Cn1cc(CCCCNC(=O)[C@@H]2SCCc3sccc32)cn1. The molecule has 3 heterocycles. The fourth-order valence-electron chi connectivity index (χ4n) is 2.72. The van der Waals surface area contributed by atoms with Gasteiger partial charge in [0.2, 0.25) is 5.91 Å². The van der Waals surface area contributed by atoms with Gasteiger partial charge < -0.3 is 5.32 Å². The molecule has 6 heteroatoms. The molecule has 2 aromatic heterocycles. The highest BCUT2D eigenvalue weighted by Crippen LogP contribution is 2.39. The number of aromatic nitrogens is 2. The van der Waals surface area contributed by atoms with E-state index in [0.717, 1.165) is 38.0 Å². The van der Waals surface area contributed by atoms with Gasteiger partial charge in [-0.25, -0.2) is 0 Å². The third-order valence-corrected chi connectivity index (χ3v) is 6.10. The second-order valence-corrected chi connectivity index (χ2v) is 7.78. The smallest absolute Gasteiger partial charge is 0.237 e. The van der Waals surface area contributed by atoms with Crippen molar-refractivity contribution < 1.29 is 4.79 Å². The number of thiophene rings is 1. The summed E-state index contributed by atoms with van der Waals surface area (Å²) in [5.41, 5.74) is 2.49. The molecule has 0 aromatic carbocycles. The fourth-order valence-corrected chi connectivity index (χ4v) is 5.04. The topological polar surface area (TPSA) is 46.9 Å². The standard InChI is InChI=1S/C16H21N3OS2/c1-19-11-12(10-18-19)4-2-3-7-17-16(20)15-13-5-8-21-14(13)6-9-22-15/h5,8,10-11,15H,2-4,6-7,9H2,1H3,(H,17,20)/t15-/m1/s1. The number of carbonyl (C=O) groups excluding carboxylic acids is 1. The van der Waals surface area contributed by atoms with Crippen LogP contribution in [0.15, 0.2) is 23.8 Å². The van der Waals surface area contributed by atoms with Crippen molar-refractivity contribution >= 4 is 29.0 Å². The Balaban J connectivity index is 1.40. The zero-order chi connectivity index (χ0) is 15.4. The number of fused-ring (bicyclic) bond motifs is 1. The third kappa shape index (κ3) is 3.73. The molecule has 1 aliphatic heterocycles. The normalized spacial score (nSPS) is 17.2. The average Bonchev–Trinajstić information content (AvgIpc) is 3.15. The van der Waals surface area contributed by atoms with Gasteiger partial charge in [-0.05, 0) is 54.0 Å². The first-order valence-corrected chi connectivity index (χ1v) is 9.60. The van der Waals surface area contributed by atoms with Gasteiger partial charge in [-0.2, -0.15) is 5.10 Å². The lowest BCUT2D eigenvalue weighted by molar-refractivity contribution is -0.120. The summed E-state index contributed by atoms with van der Waals surface area (Å²) in [6.45, 7) is 0.760. The van der Waals surface area contributed by atoms with Crippen LogP contribution >= 0.6 is 23.1 Å². The van der Waals surface area contributed by atoms with Gasteiger partial charge in [0.05, 0.1) is 6.20 Å². The lowest BCUT2D eigenvalue weighted by Gasteiger charge is -2.21. The van der Waals surface area contributed by atoms with E-state index in [2.05, 4.69) is 28.1 Å². The van der Waals surface area contributed by atoms with Crippen LogP contribution in [0.3, 0.4) is 0 Å². The van der Waals surface area contributed by atoms with E-state index in [1.165, 1.54) is 16.0 Å². The van der Waals surface area contributed by atoms with E-state index < -0.39 is 0 Å². The Hall–Kier alpha value is -1.27. The van der Waals surface area contributed by atoms with Crippen molar-refractivity contribution in [2.45, 2.75) is 30.9 Å². The molecule has 0 unspecified atom stereocenters. The molecule has 118 valence electrons. The molecule has 1 atom stereocenters. The lowest BCUT2D eigenvalue weighted by atomic mass is 10.1. The van der Waals surface area contributed by atoms with Gasteiger partial charge >= 0.3 is 0 Å². The second kappa shape index (κ2) is 7.33. The van der Waals surface area contributed by atoms with Crippen LogP contribution in [0.2, 0.25) is 0 Å². The summed E-state index contributed by atoms with van der Waals surface area (Å²) in [6, 6.07) is 2.11. The van der Waals surface area contributed by atoms with Crippen LogP contribution < -0.4 is 5.32 Å². The lowest BCUT2D eigenvalue weighted by Crippen LogP contribution is -2.30. The van der Waals surface area contributed by atoms with E-state index in [4.69, 9.17) is 0 Å². The van der Waals surface area contributed by atoms with Gasteiger partial charge in [0.25, 0.3) is 0 Å². The minimum absolute atomic E-state index is 0.00618. The molecule has 0 radical (unpaired) electrons. The highest BCUT2D eigenvalue weighted by atomic mass is 32.2. The zero-order valence-corrected chi connectivity index (χ0v) is 14.4. The summed E-state index contributed by atoms with van der Waals surface area (Å²) in [5.74, 6) is 1.22. The molecule has 0 aliphatic carbocycles. The number of nitrogens with zero attached hydrogens (tertiary/aromatic N) is 2. The number of hydrogen-bond acceptors (Lipinski definition) is 4. The van der Waals surface area contributed by atoms with Crippen LogP contribution in [0.1, 0.15) is 34.1 Å². The number of amides is 1. The number of aryl methyl sites for hydroxylation is 3. The Morgan fingerprint density at radius 3 is 3.23 bits per heavy atom. The Bertz CT molecular complexity index is 635. The van der Waals surface area contributed by atoms with Gasteiger partial charge in [0.1, 0.15) is 5.25 Å². The van der Waals surface area contributed by atoms with Gasteiger partial charge in [-0.15, -0.1) is 23.1 Å². The molecule has 0 bridgehead atoms. The Morgan fingerprint density at radius 1 is 1.50 bits per heavy atom. The summed E-state index contributed by atoms with van der Waals surface area (Å²) in [7, 11) is 1.93. The van der Waals surface area contributed by atoms with Crippen molar-refractivity contribution in [3.8, 4) is 0 Å². The van der Waals surface area contributed by atoms with Gasteiger partial charge in [0, 0.05) is 24.7 Å². The molecule has 1 amide bonds. The van der Waals surface area contributed by atoms with Crippen LogP contribution in [-0.4, -0.2) is 28.0 Å². The van der Waals surface area contributed by atoms with Crippen molar-refractivity contribution in [3.63, 3.8) is 0 Å². The van der Waals surface area contributed by atoms with E-state index in [0.29, 0.717) is 0 Å². The Kier molecular flexibility index (Phi) is 5.20. The first kappa shape index (κ1) is 15.6. The number of rotatable bonds is 6.